The highest BCUT2D eigenvalue weighted by molar-refractivity contribution is 4.65. The third kappa shape index (κ3) is 9.17. The molecule has 0 heterocycles. The molecule has 98 valence electrons. The molecule has 0 radical (unpaired) electrons. The van der Waals surface area contributed by atoms with Gasteiger partial charge in [-0.3, -0.25) is 0 Å². The molecule has 0 aromatic rings. The summed E-state index contributed by atoms with van der Waals surface area (Å²) in [5.41, 5.74) is 0. The van der Waals surface area contributed by atoms with E-state index in [0.29, 0.717) is 6.42 Å². The van der Waals surface area contributed by atoms with E-state index in [1.165, 1.54) is 44.9 Å². The van der Waals surface area contributed by atoms with Crippen molar-refractivity contribution in [3.63, 3.8) is 0 Å². The minimum Gasteiger partial charge on any atom is -0.390 e. The fourth-order valence-electron chi connectivity index (χ4n) is 1.95. The summed E-state index contributed by atoms with van der Waals surface area (Å²) in [4.78, 5) is 0. The molecule has 0 rings (SSSR count). The summed E-state index contributed by atoms with van der Waals surface area (Å²) >= 11 is 0. The average Bonchev–Trinajstić information content (AvgIpc) is 2.31. The highest BCUT2D eigenvalue weighted by Crippen LogP contribution is 2.12. The Morgan fingerprint density at radius 1 is 0.688 bits per heavy atom. The van der Waals surface area contributed by atoms with Gasteiger partial charge in [-0.05, 0) is 12.8 Å². The maximum Gasteiger partial charge on any atom is 0.0799 e. The lowest BCUT2D eigenvalue weighted by Gasteiger charge is -2.15. The van der Waals surface area contributed by atoms with Crippen LogP contribution >= 0.6 is 0 Å². The lowest BCUT2D eigenvalue weighted by atomic mass is 10.0. The van der Waals surface area contributed by atoms with E-state index in [9.17, 15) is 10.2 Å². The normalized spacial score (nSPS) is 15.0. The fourth-order valence-corrected chi connectivity index (χ4v) is 1.95. The maximum absolute atomic E-state index is 9.54. The summed E-state index contributed by atoms with van der Waals surface area (Å²) < 4.78 is 0. The lowest BCUT2D eigenvalue weighted by molar-refractivity contribution is 0.0114. The summed E-state index contributed by atoms with van der Waals surface area (Å²) in [5, 5.41) is 18.9. The Bertz CT molecular complexity index is 137. The summed E-state index contributed by atoms with van der Waals surface area (Å²) in [6, 6.07) is 0. The van der Waals surface area contributed by atoms with E-state index in [0.717, 1.165) is 12.8 Å². The van der Waals surface area contributed by atoms with Crippen molar-refractivity contribution >= 4 is 0 Å². The number of rotatable bonds is 11. The van der Waals surface area contributed by atoms with Gasteiger partial charge >= 0.3 is 0 Å². The Balaban J connectivity index is 3.14. The lowest BCUT2D eigenvalue weighted by Crippen LogP contribution is -2.24. The number of unbranched alkanes of at least 4 members (excludes halogenated alkanes) is 7. The summed E-state index contributed by atoms with van der Waals surface area (Å²) in [5.74, 6) is 0. The average molecular weight is 230 g/mol. The van der Waals surface area contributed by atoms with Crippen molar-refractivity contribution in [2.45, 2.75) is 90.3 Å². The van der Waals surface area contributed by atoms with Crippen LogP contribution in [0.5, 0.6) is 0 Å². The van der Waals surface area contributed by atoms with Crippen molar-refractivity contribution in [2.75, 3.05) is 0 Å². The molecule has 2 heteroatoms. The molecule has 0 aliphatic heterocycles. The molecule has 0 amide bonds. The summed E-state index contributed by atoms with van der Waals surface area (Å²) in [6.45, 7) is 4.14. The van der Waals surface area contributed by atoms with Crippen LogP contribution in [-0.4, -0.2) is 22.4 Å². The SMILES string of the molecule is CCCCCCCCCC[C@@H](O)[C@H](O)CC. The second-order valence-electron chi connectivity index (χ2n) is 4.81. The van der Waals surface area contributed by atoms with Crippen LogP contribution in [0.1, 0.15) is 78.1 Å². The Kier molecular flexibility index (Phi) is 11.3. The Morgan fingerprint density at radius 2 is 1.19 bits per heavy atom. The van der Waals surface area contributed by atoms with E-state index in [1.54, 1.807) is 0 Å². The Labute approximate surface area is 101 Å². The van der Waals surface area contributed by atoms with E-state index in [-0.39, 0.29) is 0 Å². The first-order chi connectivity index (χ1) is 7.72. The van der Waals surface area contributed by atoms with E-state index in [1.807, 2.05) is 6.92 Å². The summed E-state index contributed by atoms with van der Waals surface area (Å²) in [7, 11) is 0. The molecule has 0 saturated heterocycles. The standard InChI is InChI=1S/C14H30O2/c1-3-5-6-7-8-9-10-11-12-14(16)13(15)4-2/h13-16H,3-12H2,1-2H3/t13-,14-/m1/s1. The van der Waals surface area contributed by atoms with Crippen LogP contribution in [0.25, 0.3) is 0 Å². The van der Waals surface area contributed by atoms with Crippen molar-refractivity contribution in [2.24, 2.45) is 0 Å². The summed E-state index contributed by atoms with van der Waals surface area (Å²) in [6.07, 6.45) is 10.6. The number of aliphatic hydroxyl groups is 2. The van der Waals surface area contributed by atoms with Crippen LogP contribution in [0.4, 0.5) is 0 Å². The van der Waals surface area contributed by atoms with Crippen molar-refractivity contribution in [3.05, 3.63) is 0 Å². The van der Waals surface area contributed by atoms with Gasteiger partial charge in [0.15, 0.2) is 0 Å². The van der Waals surface area contributed by atoms with Gasteiger partial charge in [-0.2, -0.15) is 0 Å². The van der Waals surface area contributed by atoms with E-state index in [2.05, 4.69) is 6.92 Å². The topological polar surface area (TPSA) is 40.5 Å². The molecule has 2 atom stereocenters. The van der Waals surface area contributed by atoms with E-state index >= 15 is 0 Å². The molecule has 0 aliphatic rings. The first-order valence-corrected chi connectivity index (χ1v) is 7.08. The zero-order valence-electron chi connectivity index (χ0n) is 11.1. The van der Waals surface area contributed by atoms with Gasteiger partial charge in [0, 0.05) is 0 Å². The highest BCUT2D eigenvalue weighted by atomic mass is 16.3. The molecular weight excluding hydrogens is 200 g/mol. The Morgan fingerprint density at radius 3 is 1.69 bits per heavy atom. The van der Waals surface area contributed by atoms with Crippen LogP contribution in [0.2, 0.25) is 0 Å². The molecule has 0 saturated carbocycles. The predicted molar refractivity (Wildman–Crippen MR) is 69.5 cm³/mol. The molecular formula is C14H30O2. The van der Waals surface area contributed by atoms with Gasteiger partial charge in [-0.25, -0.2) is 0 Å². The maximum atomic E-state index is 9.54. The minimum atomic E-state index is -0.524. The van der Waals surface area contributed by atoms with Crippen LogP contribution in [0, 0.1) is 0 Å². The van der Waals surface area contributed by atoms with Crippen LogP contribution < -0.4 is 0 Å². The number of hydrogen-bond acceptors (Lipinski definition) is 2. The van der Waals surface area contributed by atoms with Gasteiger partial charge in [-0.15, -0.1) is 0 Å². The van der Waals surface area contributed by atoms with Gasteiger partial charge in [0.2, 0.25) is 0 Å². The highest BCUT2D eigenvalue weighted by Gasteiger charge is 2.12. The number of hydrogen-bond donors (Lipinski definition) is 2. The van der Waals surface area contributed by atoms with E-state index < -0.39 is 12.2 Å². The molecule has 0 aromatic carbocycles. The zero-order valence-corrected chi connectivity index (χ0v) is 11.1. The quantitative estimate of drug-likeness (QED) is 0.532. The van der Waals surface area contributed by atoms with E-state index in [4.69, 9.17) is 0 Å². The molecule has 0 fully saturated rings. The minimum absolute atomic E-state index is 0.509. The van der Waals surface area contributed by atoms with Crippen LogP contribution in [0.3, 0.4) is 0 Å². The van der Waals surface area contributed by atoms with Gasteiger partial charge in [0.1, 0.15) is 0 Å². The molecule has 0 aliphatic carbocycles. The zero-order chi connectivity index (χ0) is 12.2. The predicted octanol–water partition coefficient (Wildman–Crippen LogP) is 3.65. The fraction of sp³-hybridized carbons (Fsp3) is 1.00. The molecule has 16 heavy (non-hydrogen) atoms. The van der Waals surface area contributed by atoms with Crippen LogP contribution in [-0.2, 0) is 0 Å². The molecule has 0 bridgehead atoms. The third-order valence-electron chi connectivity index (χ3n) is 3.22. The second-order valence-corrected chi connectivity index (χ2v) is 4.81. The van der Waals surface area contributed by atoms with Crippen molar-refractivity contribution in [1.29, 1.82) is 0 Å². The smallest absolute Gasteiger partial charge is 0.0799 e. The first kappa shape index (κ1) is 15.9. The van der Waals surface area contributed by atoms with Crippen molar-refractivity contribution in [3.8, 4) is 0 Å². The van der Waals surface area contributed by atoms with Gasteiger partial charge in [0.25, 0.3) is 0 Å². The molecule has 0 spiro atoms. The molecule has 0 unspecified atom stereocenters. The van der Waals surface area contributed by atoms with Gasteiger partial charge in [-0.1, -0.05) is 65.2 Å². The molecule has 0 aromatic heterocycles. The second kappa shape index (κ2) is 11.4. The molecule has 2 nitrogen and oxygen atoms in total. The third-order valence-corrected chi connectivity index (χ3v) is 3.22. The largest absolute Gasteiger partial charge is 0.390 e. The van der Waals surface area contributed by atoms with Gasteiger partial charge < -0.3 is 10.2 Å². The van der Waals surface area contributed by atoms with Crippen molar-refractivity contribution in [1.82, 2.24) is 0 Å². The monoisotopic (exact) mass is 230 g/mol. The van der Waals surface area contributed by atoms with Crippen molar-refractivity contribution < 1.29 is 10.2 Å². The van der Waals surface area contributed by atoms with Crippen LogP contribution in [0.15, 0.2) is 0 Å². The molecule has 2 N–H and O–H groups in total. The first-order valence-electron chi connectivity index (χ1n) is 7.08. The number of aliphatic hydroxyl groups excluding tert-OH is 2. The Hall–Kier alpha value is -0.0800. The van der Waals surface area contributed by atoms with Gasteiger partial charge in [0.05, 0.1) is 12.2 Å².